The molecule has 0 bridgehead atoms. The molecule has 0 spiro atoms. The lowest BCUT2D eigenvalue weighted by atomic mass is 9.66. The summed E-state index contributed by atoms with van der Waals surface area (Å²) in [6.45, 7) is 12.8. The van der Waals surface area contributed by atoms with Gasteiger partial charge < -0.3 is 5.32 Å². The zero-order chi connectivity index (χ0) is 15.7. The van der Waals surface area contributed by atoms with E-state index < -0.39 is 0 Å². The molecule has 1 aliphatic carbocycles. The standard InChI is InChI=1S/C18H32N2S/c1-17(2,3)15-12-21-16(20-15)9-14-10-18(4,5)8-7-13(14)11-19-6/h12-14,19H,7-11H2,1-6H3. The SMILES string of the molecule is CNCC1CCC(C)(C)CC1Cc1nc(C(C)(C)C)cs1. The zero-order valence-electron chi connectivity index (χ0n) is 14.6. The number of hydrogen-bond acceptors (Lipinski definition) is 3. The van der Waals surface area contributed by atoms with Gasteiger partial charge in [0.2, 0.25) is 0 Å². The van der Waals surface area contributed by atoms with Crippen molar-refractivity contribution in [2.75, 3.05) is 13.6 Å². The average Bonchev–Trinajstić information content (AvgIpc) is 2.81. The quantitative estimate of drug-likeness (QED) is 0.876. The van der Waals surface area contributed by atoms with Crippen LogP contribution in [0.15, 0.2) is 5.38 Å². The van der Waals surface area contributed by atoms with Crippen molar-refractivity contribution in [1.82, 2.24) is 10.3 Å². The Morgan fingerprint density at radius 2 is 2.05 bits per heavy atom. The van der Waals surface area contributed by atoms with Gasteiger partial charge in [-0.1, -0.05) is 34.6 Å². The third kappa shape index (κ3) is 4.53. The van der Waals surface area contributed by atoms with Crippen molar-refractivity contribution in [3.63, 3.8) is 0 Å². The van der Waals surface area contributed by atoms with Gasteiger partial charge in [0.15, 0.2) is 0 Å². The van der Waals surface area contributed by atoms with Crippen LogP contribution in [0.1, 0.15) is 64.6 Å². The van der Waals surface area contributed by atoms with E-state index in [2.05, 4.69) is 52.4 Å². The minimum absolute atomic E-state index is 0.172. The first-order chi connectivity index (χ1) is 9.71. The molecule has 3 heteroatoms. The van der Waals surface area contributed by atoms with Gasteiger partial charge >= 0.3 is 0 Å². The number of nitrogens with zero attached hydrogens (tertiary/aromatic N) is 1. The second-order valence-corrected chi connectivity index (χ2v) is 9.51. The van der Waals surface area contributed by atoms with E-state index in [9.17, 15) is 0 Å². The van der Waals surface area contributed by atoms with Crippen LogP contribution in [-0.4, -0.2) is 18.6 Å². The fraction of sp³-hybridized carbons (Fsp3) is 0.833. The maximum absolute atomic E-state index is 4.92. The number of thiazole rings is 1. The molecule has 1 aromatic rings. The molecule has 2 atom stereocenters. The Morgan fingerprint density at radius 3 is 2.62 bits per heavy atom. The molecule has 1 aromatic heterocycles. The summed E-state index contributed by atoms with van der Waals surface area (Å²) in [6.07, 6.45) is 5.22. The summed E-state index contributed by atoms with van der Waals surface area (Å²) in [5.41, 5.74) is 1.92. The predicted molar refractivity (Wildman–Crippen MR) is 93.1 cm³/mol. The molecule has 1 heterocycles. The molecule has 1 saturated carbocycles. The highest BCUT2D eigenvalue weighted by Gasteiger charge is 2.35. The molecule has 0 aromatic carbocycles. The van der Waals surface area contributed by atoms with Crippen molar-refractivity contribution in [2.45, 2.75) is 65.7 Å². The molecule has 1 aliphatic rings. The summed E-state index contributed by atoms with van der Waals surface area (Å²) in [7, 11) is 2.08. The molecular weight excluding hydrogens is 276 g/mol. The fourth-order valence-electron chi connectivity index (χ4n) is 3.53. The Hall–Kier alpha value is -0.410. The van der Waals surface area contributed by atoms with Crippen molar-refractivity contribution in [3.05, 3.63) is 16.1 Å². The van der Waals surface area contributed by atoms with Gasteiger partial charge in [-0.3, -0.25) is 0 Å². The van der Waals surface area contributed by atoms with Crippen LogP contribution in [0.5, 0.6) is 0 Å². The largest absolute Gasteiger partial charge is 0.319 e. The van der Waals surface area contributed by atoms with Gasteiger partial charge in [-0.05, 0) is 50.1 Å². The third-order valence-corrected chi connectivity index (χ3v) is 5.77. The summed E-state index contributed by atoms with van der Waals surface area (Å²) >= 11 is 1.86. The van der Waals surface area contributed by atoms with Crippen LogP contribution >= 0.6 is 11.3 Å². The Labute approximate surface area is 134 Å². The molecule has 0 aliphatic heterocycles. The lowest BCUT2D eigenvalue weighted by Crippen LogP contribution is -2.36. The lowest BCUT2D eigenvalue weighted by molar-refractivity contribution is 0.117. The molecule has 2 nitrogen and oxygen atoms in total. The lowest BCUT2D eigenvalue weighted by Gasteiger charge is -2.40. The van der Waals surface area contributed by atoms with Crippen LogP contribution in [0, 0.1) is 17.3 Å². The van der Waals surface area contributed by atoms with E-state index in [0.29, 0.717) is 5.41 Å². The summed E-state index contributed by atoms with van der Waals surface area (Å²) in [4.78, 5) is 4.92. The van der Waals surface area contributed by atoms with E-state index >= 15 is 0 Å². The molecule has 120 valence electrons. The molecule has 0 amide bonds. The third-order valence-electron chi connectivity index (χ3n) is 4.90. The Bertz CT molecular complexity index is 456. The van der Waals surface area contributed by atoms with E-state index in [1.165, 1.54) is 30.0 Å². The normalized spacial score (nSPS) is 26.0. The fourth-order valence-corrected chi connectivity index (χ4v) is 4.65. The highest BCUT2D eigenvalue weighted by molar-refractivity contribution is 7.09. The number of aromatic nitrogens is 1. The van der Waals surface area contributed by atoms with Gasteiger partial charge in [-0.15, -0.1) is 11.3 Å². The number of nitrogens with one attached hydrogen (secondary N) is 1. The molecule has 1 fully saturated rings. The molecule has 21 heavy (non-hydrogen) atoms. The maximum Gasteiger partial charge on any atom is 0.0931 e. The van der Waals surface area contributed by atoms with Crippen LogP contribution in [0.3, 0.4) is 0 Å². The van der Waals surface area contributed by atoms with Crippen LogP contribution in [0.4, 0.5) is 0 Å². The molecule has 2 unspecified atom stereocenters. The van der Waals surface area contributed by atoms with Crippen LogP contribution in [0.2, 0.25) is 0 Å². The summed E-state index contributed by atoms with van der Waals surface area (Å²) in [5.74, 6) is 1.59. The van der Waals surface area contributed by atoms with Crippen molar-refractivity contribution in [3.8, 4) is 0 Å². The molecule has 1 N–H and O–H groups in total. The van der Waals surface area contributed by atoms with Crippen molar-refractivity contribution < 1.29 is 0 Å². The van der Waals surface area contributed by atoms with Gasteiger partial charge in [0, 0.05) is 17.2 Å². The topological polar surface area (TPSA) is 24.9 Å². The van der Waals surface area contributed by atoms with Crippen molar-refractivity contribution >= 4 is 11.3 Å². The molecule has 0 saturated heterocycles. The van der Waals surface area contributed by atoms with E-state index in [0.717, 1.165) is 24.8 Å². The second kappa shape index (κ2) is 6.37. The maximum atomic E-state index is 4.92. The van der Waals surface area contributed by atoms with E-state index in [4.69, 9.17) is 4.98 Å². The van der Waals surface area contributed by atoms with Gasteiger partial charge in [-0.2, -0.15) is 0 Å². The molecule has 2 rings (SSSR count). The smallest absolute Gasteiger partial charge is 0.0931 e. The van der Waals surface area contributed by atoms with Gasteiger partial charge in [-0.25, -0.2) is 4.98 Å². The van der Waals surface area contributed by atoms with Gasteiger partial charge in [0.25, 0.3) is 0 Å². The Morgan fingerprint density at radius 1 is 1.33 bits per heavy atom. The first-order valence-electron chi connectivity index (χ1n) is 8.31. The minimum Gasteiger partial charge on any atom is -0.319 e. The van der Waals surface area contributed by atoms with Crippen molar-refractivity contribution in [2.24, 2.45) is 17.3 Å². The van der Waals surface area contributed by atoms with E-state index in [1.807, 2.05) is 11.3 Å². The summed E-state index contributed by atoms with van der Waals surface area (Å²) < 4.78 is 0. The Balaban J connectivity index is 2.09. The average molecular weight is 309 g/mol. The van der Waals surface area contributed by atoms with Gasteiger partial charge in [0.1, 0.15) is 0 Å². The molecule has 0 radical (unpaired) electrons. The van der Waals surface area contributed by atoms with E-state index in [-0.39, 0.29) is 5.41 Å². The predicted octanol–water partition coefficient (Wildman–Crippen LogP) is 4.65. The second-order valence-electron chi connectivity index (χ2n) is 8.57. The highest BCUT2D eigenvalue weighted by Crippen LogP contribution is 2.43. The van der Waals surface area contributed by atoms with Gasteiger partial charge in [0.05, 0.1) is 10.7 Å². The van der Waals surface area contributed by atoms with Crippen LogP contribution in [0.25, 0.3) is 0 Å². The Kier molecular flexibility index (Phi) is 5.15. The number of rotatable bonds is 4. The summed E-state index contributed by atoms with van der Waals surface area (Å²) in [6, 6.07) is 0. The minimum atomic E-state index is 0.172. The summed E-state index contributed by atoms with van der Waals surface area (Å²) in [5, 5.41) is 6.99. The highest BCUT2D eigenvalue weighted by atomic mass is 32.1. The van der Waals surface area contributed by atoms with Crippen molar-refractivity contribution in [1.29, 1.82) is 0 Å². The van der Waals surface area contributed by atoms with Crippen LogP contribution < -0.4 is 5.32 Å². The number of hydrogen-bond donors (Lipinski definition) is 1. The first-order valence-corrected chi connectivity index (χ1v) is 9.19. The van der Waals surface area contributed by atoms with Crippen LogP contribution in [-0.2, 0) is 11.8 Å². The van der Waals surface area contributed by atoms with E-state index in [1.54, 1.807) is 0 Å². The zero-order valence-corrected chi connectivity index (χ0v) is 15.4. The molecular formula is C18H32N2S. The monoisotopic (exact) mass is 308 g/mol. The first kappa shape index (κ1) is 17.0.